The third-order valence-corrected chi connectivity index (χ3v) is 15.0. The smallest absolute Gasteiger partial charge is 0.171 e. The van der Waals surface area contributed by atoms with Crippen molar-refractivity contribution in [3.63, 3.8) is 0 Å². The van der Waals surface area contributed by atoms with E-state index in [2.05, 4.69) is 43.0 Å². The molecule has 0 radical (unpaired) electrons. The van der Waals surface area contributed by atoms with Crippen molar-refractivity contribution in [2.24, 2.45) is 17.3 Å². The molecule has 0 aromatic heterocycles. The Morgan fingerprint density at radius 3 is 1.78 bits per heavy atom. The summed E-state index contributed by atoms with van der Waals surface area (Å²) in [5.41, 5.74) is 4.68. The number of aliphatic hydroxyl groups is 1. The van der Waals surface area contributed by atoms with Gasteiger partial charge < -0.3 is 9.67 Å². The van der Waals surface area contributed by atoms with Crippen molar-refractivity contribution in [3.05, 3.63) is 149 Å². The second kappa shape index (κ2) is 20.0. The van der Waals surface area contributed by atoms with Gasteiger partial charge in [0, 0.05) is 39.2 Å². The van der Waals surface area contributed by atoms with E-state index in [1.165, 1.54) is 22.3 Å². The van der Waals surface area contributed by atoms with E-state index in [9.17, 15) is 9.90 Å². The zero-order valence-corrected chi connectivity index (χ0v) is 34.3. The molecule has 1 N–H and O–H groups in total. The van der Waals surface area contributed by atoms with Crippen LogP contribution in [0, 0.1) is 29.1 Å². The molecule has 0 bridgehead atoms. The fourth-order valence-electron chi connectivity index (χ4n) is 9.51. The van der Waals surface area contributed by atoms with Crippen LogP contribution < -0.4 is 15.9 Å². The molecule has 2 fully saturated rings. The van der Waals surface area contributed by atoms with Crippen LogP contribution in [0.4, 0.5) is 0 Å². The van der Waals surface area contributed by atoms with Crippen molar-refractivity contribution in [2.45, 2.75) is 85.7 Å². The van der Waals surface area contributed by atoms with Gasteiger partial charge in [0.05, 0.1) is 0 Å². The van der Waals surface area contributed by atoms with Crippen molar-refractivity contribution in [1.29, 1.82) is 0 Å². The van der Waals surface area contributed by atoms with Crippen LogP contribution in [0.2, 0.25) is 0 Å². The Morgan fingerprint density at radius 2 is 1.22 bits per heavy atom. The number of ketones is 1. The van der Waals surface area contributed by atoms with Crippen LogP contribution in [-0.4, -0.2) is 16.5 Å². The fourth-order valence-corrected chi connectivity index (χ4v) is 12.2. The van der Waals surface area contributed by atoms with E-state index in [-0.39, 0.29) is 88.0 Å². The third kappa shape index (κ3) is 8.72. The van der Waals surface area contributed by atoms with Gasteiger partial charge in [-0.3, -0.25) is 4.79 Å². The fraction of sp³-hybridized carbons (Fsp3) is 0.340. The summed E-state index contributed by atoms with van der Waals surface area (Å²) in [6, 6.07) is 38.1. The van der Waals surface area contributed by atoms with Crippen LogP contribution >= 0.6 is 61.1 Å². The molecule has 0 unspecified atom stereocenters. The highest BCUT2D eigenvalue weighted by molar-refractivity contribution is 7.85. The van der Waals surface area contributed by atoms with Gasteiger partial charge in [0.2, 0.25) is 0 Å². The van der Waals surface area contributed by atoms with E-state index in [0.717, 1.165) is 53.6 Å². The maximum Gasteiger partial charge on any atom is 0.171 e. The number of carbonyl (C=O) groups is 1. The summed E-state index contributed by atoms with van der Waals surface area (Å²) in [7, 11) is -3.10. The van der Waals surface area contributed by atoms with Crippen LogP contribution in [-0.2, 0) is 9.36 Å². The molecule has 5 atom stereocenters. The molecule has 55 heavy (non-hydrogen) atoms. The van der Waals surface area contributed by atoms with E-state index < -0.39 is 18.2 Å². The highest BCUT2D eigenvalue weighted by atomic mass is 32.1. The first kappa shape index (κ1) is 50.2. The lowest BCUT2D eigenvalue weighted by molar-refractivity contribution is -0.114. The second-order valence-corrected chi connectivity index (χ2v) is 17.2. The summed E-state index contributed by atoms with van der Waals surface area (Å²) >= 11 is 0. The van der Waals surface area contributed by atoms with E-state index in [4.69, 9.17) is 0 Å². The van der Waals surface area contributed by atoms with Gasteiger partial charge in [0.25, 0.3) is 0 Å². The SMILES string of the molecule is C.C.C.C[C@]12C[C@H](c3ccc(P(=O)(c4ccccc4)c4ccccc4)cc3)C3=C4CCC(=O)C=C4CC[C@H]3[C@@H]1CC[C@@]2(O)C#Cc1ccccc1.S.S.S.S. The van der Waals surface area contributed by atoms with Crippen LogP contribution in [0.15, 0.2) is 138 Å². The topological polar surface area (TPSA) is 54.4 Å². The van der Waals surface area contributed by atoms with Crippen molar-refractivity contribution in [1.82, 2.24) is 0 Å². The van der Waals surface area contributed by atoms with Gasteiger partial charge in [-0.05, 0) is 85.3 Å². The van der Waals surface area contributed by atoms with E-state index in [1.807, 2.05) is 97.1 Å². The minimum atomic E-state index is -3.10. The van der Waals surface area contributed by atoms with Gasteiger partial charge in [0.15, 0.2) is 12.9 Å². The number of carbonyl (C=O) groups excluding carboxylic acids is 1. The van der Waals surface area contributed by atoms with Gasteiger partial charge in [-0.25, -0.2) is 0 Å². The molecule has 8 rings (SSSR count). The summed E-state index contributed by atoms with van der Waals surface area (Å²) in [4.78, 5) is 12.5. The molecule has 0 amide bonds. The monoisotopic (exact) mass is 832 g/mol. The van der Waals surface area contributed by atoms with Crippen molar-refractivity contribution in [2.75, 3.05) is 0 Å². The lowest BCUT2D eigenvalue weighted by atomic mass is 9.51. The van der Waals surface area contributed by atoms with E-state index >= 15 is 4.57 Å². The molecular weight excluding hydrogens is 772 g/mol. The van der Waals surface area contributed by atoms with Crippen molar-refractivity contribution in [3.8, 4) is 11.8 Å². The normalized spacial score (nSPS) is 24.4. The molecular formula is C47H61O3PS4. The Bertz CT molecular complexity index is 2010. The molecule has 0 heterocycles. The molecule has 4 aliphatic carbocycles. The van der Waals surface area contributed by atoms with Crippen molar-refractivity contribution < 1.29 is 14.5 Å². The zero-order valence-electron chi connectivity index (χ0n) is 29.4. The summed E-state index contributed by atoms with van der Waals surface area (Å²) in [5, 5.41) is 14.9. The second-order valence-electron chi connectivity index (χ2n) is 14.4. The summed E-state index contributed by atoms with van der Waals surface area (Å²) in [6.45, 7) is 2.28. The number of benzene rings is 4. The number of hydrogen-bond acceptors (Lipinski definition) is 3. The Balaban J connectivity index is 0.00000216. The highest BCUT2D eigenvalue weighted by Gasteiger charge is 2.62. The first-order valence-electron chi connectivity index (χ1n) is 17.4. The molecule has 296 valence electrons. The van der Waals surface area contributed by atoms with Gasteiger partial charge in [0.1, 0.15) is 5.60 Å². The Kier molecular flexibility index (Phi) is 18.3. The number of rotatable bonds is 4. The molecule has 3 nitrogen and oxygen atoms in total. The van der Waals surface area contributed by atoms with Gasteiger partial charge in [-0.1, -0.05) is 150 Å². The quantitative estimate of drug-likeness (QED) is 0.165. The summed E-state index contributed by atoms with van der Waals surface area (Å²) in [6.07, 6.45) is 7.56. The lowest BCUT2D eigenvalue weighted by Crippen LogP contribution is -2.51. The van der Waals surface area contributed by atoms with E-state index in [0.29, 0.717) is 24.7 Å². The molecule has 2 saturated carbocycles. The maximum absolute atomic E-state index is 15.1. The van der Waals surface area contributed by atoms with Gasteiger partial charge in [-0.15, -0.1) is 0 Å². The maximum atomic E-state index is 15.1. The lowest BCUT2D eigenvalue weighted by Gasteiger charge is -2.53. The van der Waals surface area contributed by atoms with Gasteiger partial charge >= 0.3 is 0 Å². The molecule has 4 aliphatic rings. The summed E-state index contributed by atoms with van der Waals surface area (Å²) < 4.78 is 15.1. The Morgan fingerprint density at radius 1 is 0.691 bits per heavy atom. The number of hydrogen-bond donors (Lipinski definition) is 1. The largest absolute Gasteiger partial charge is 0.377 e. The third-order valence-electron chi connectivity index (χ3n) is 12.0. The van der Waals surface area contributed by atoms with Crippen molar-refractivity contribution >= 4 is 82.8 Å². The molecule has 0 spiro atoms. The minimum absolute atomic E-state index is 0. The van der Waals surface area contributed by atoms with Crippen LogP contribution in [0.5, 0.6) is 0 Å². The number of fused-ring (bicyclic) bond motifs is 4. The van der Waals surface area contributed by atoms with E-state index in [1.54, 1.807) is 0 Å². The van der Waals surface area contributed by atoms with Crippen LogP contribution in [0.1, 0.15) is 91.2 Å². The molecule has 4 aromatic carbocycles. The average molecular weight is 833 g/mol. The Labute approximate surface area is 359 Å². The first-order valence-corrected chi connectivity index (χ1v) is 19.1. The molecule has 0 saturated heterocycles. The molecule has 0 aliphatic heterocycles. The Hall–Kier alpha value is -2.82. The molecule has 8 heteroatoms. The van der Waals surface area contributed by atoms with Crippen LogP contribution in [0.3, 0.4) is 0 Å². The molecule has 4 aromatic rings. The predicted molar refractivity (Wildman–Crippen MR) is 256 cm³/mol. The predicted octanol–water partition coefficient (Wildman–Crippen LogP) is 10.4. The first-order chi connectivity index (χ1) is 23.3. The minimum Gasteiger partial charge on any atom is -0.377 e. The average Bonchev–Trinajstić information content (AvgIpc) is 3.40. The zero-order chi connectivity index (χ0) is 32.9. The van der Waals surface area contributed by atoms with Crippen LogP contribution in [0.25, 0.3) is 0 Å². The summed E-state index contributed by atoms with van der Waals surface area (Å²) in [5.74, 6) is 7.70. The highest BCUT2D eigenvalue weighted by Crippen LogP contribution is 2.66. The standard InChI is InChI=1S/C44H41O3P.3CH4.4H2S/c1-43-30-40(32-17-21-37(22-18-32)48(47,35-13-7-3-8-14-35)36-15-9-4-10-16-36)42-38-24-20-34(45)29-33(38)19-23-39(42)41(43)26-28-44(43,46)27-25-31-11-5-2-6-12-31;;;;;;;/h2-18,21-22,29,39-41,46H,19-20,23-24,26,28,30H2,1H3;3*1H4;4*1H2/t39-,40+,41-,43-,44-;;;;;;;/m0......./s1. The number of allylic oxidation sites excluding steroid dienone is 4. The van der Waals surface area contributed by atoms with Gasteiger partial charge in [-0.2, -0.15) is 54.0 Å².